The highest BCUT2D eigenvalue weighted by Gasteiger charge is 2.14. The van der Waals surface area contributed by atoms with Gasteiger partial charge in [0.1, 0.15) is 0 Å². The van der Waals surface area contributed by atoms with Gasteiger partial charge in [-0.15, -0.1) is 11.3 Å². The fraction of sp³-hybridized carbons (Fsp3) is 0.692. The van der Waals surface area contributed by atoms with E-state index in [0.717, 1.165) is 6.54 Å². The van der Waals surface area contributed by atoms with E-state index in [4.69, 9.17) is 5.73 Å². The topological polar surface area (TPSA) is 29.3 Å². The zero-order valence-corrected chi connectivity index (χ0v) is 13.0. The Morgan fingerprint density at radius 2 is 2.24 bits per heavy atom. The predicted octanol–water partition coefficient (Wildman–Crippen LogP) is 3.09. The minimum Gasteiger partial charge on any atom is -0.326 e. The molecule has 0 spiro atoms. The normalized spacial score (nSPS) is 13.3. The van der Waals surface area contributed by atoms with Crippen LogP contribution in [0.3, 0.4) is 0 Å². The summed E-state index contributed by atoms with van der Waals surface area (Å²) < 4.78 is 0. The molecule has 0 aliphatic heterocycles. The van der Waals surface area contributed by atoms with Gasteiger partial charge in [0.15, 0.2) is 0 Å². The van der Waals surface area contributed by atoms with Crippen LogP contribution in [0.4, 0.5) is 0 Å². The average Bonchev–Trinajstić information content (AvgIpc) is 2.67. The zero-order chi connectivity index (χ0) is 12.8. The van der Waals surface area contributed by atoms with E-state index in [1.165, 1.54) is 27.5 Å². The molecule has 98 valence electrons. The second-order valence-electron chi connectivity index (χ2n) is 4.43. The van der Waals surface area contributed by atoms with Crippen LogP contribution in [0.15, 0.2) is 6.07 Å². The second-order valence-corrected chi connectivity index (χ2v) is 6.68. The molecular formula is C13H24N2S2. The molecule has 0 saturated carbocycles. The first-order valence-electron chi connectivity index (χ1n) is 6.09. The fourth-order valence-electron chi connectivity index (χ4n) is 1.99. The minimum absolute atomic E-state index is 0.664. The lowest BCUT2D eigenvalue weighted by Gasteiger charge is -2.26. The first kappa shape index (κ1) is 15.0. The number of hydrogen-bond donors (Lipinski definition) is 1. The van der Waals surface area contributed by atoms with Gasteiger partial charge in [-0.2, -0.15) is 11.8 Å². The third-order valence-corrected chi connectivity index (χ3v) is 4.98. The molecule has 1 heterocycles. The summed E-state index contributed by atoms with van der Waals surface area (Å²) in [7, 11) is 2.23. The van der Waals surface area contributed by atoms with Crippen molar-refractivity contribution in [3.8, 4) is 0 Å². The van der Waals surface area contributed by atoms with Gasteiger partial charge in [0, 0.05) is 34.6 Å². The molecule has 2 nitrogen and oxygen atoms in total. The van der Waals surface area contributed by atoms with Crippen molar-refractivity contribution in [2.75, 3.05) is 19.1 Å². The molecule has 0 bridgehead atoms. The summed E-state index contributed by atoms with van der Waals surface area (Å²) in [5.41, 5.74) is 7.13. The Balaban J connectivity index is 2.65. The lowest BCUT2D eigenvalue weighted by atomic mass is 10.2. The molecule has 1 aromatic heterocycles. The van der Waals surface area contributed by atoms with Crippen molar-refractivity contribution in [2.45, 2.75) is 39.4 Å². The van der Waals surface area contributed by atoms with E-state index in [1.54, 1.807) is 0 Å². The Morgan fingerprint density at radius 3 is 2.71 bits per heavy atom. The van der Waals surface area contributed by atoms with E-state index < -0.39 is 0 Å². The van der Waals surface area contributed by atoms with Crippen molar-refractivity contribution < 1.29 is 0 Å². The van der Waals surface area contributed by atoms with Gasteiger partial charge >= 0.3 is 0 Å². The van der Waals surface area contributed by atoms with Crippen molar-refractivity contribution in [2.24, 2.45) is 5.73 Å². The van der Waals surface area contributed by atoms with Crippen LogP contribution in [0.25, 0.3) is 0 Å². The monoisotopic (exact) mass is 272 g/mol. The molecule has 0 aromatic carbocycles. The quantitative estimate of drug-likeness (QED) is 0.827. The van der Waals surface area contributed by atoms with Crippen LogP contribution < -0.4 is 5.73 Å². The Morgan fingerprint density at radius 1 is 1.53 bits per heavy atom. The smallest absolute Gasteiger partial charge is 0.0274 e. The van der Waals surface area contributed by atoms with Gasteiger partial charge in [0.25, 0.3) is 0 Å². The molecule has 0 amide bonds. The third kappa shape index (κ3) is 4.28. The second kappa shape index (κ2) is 7.41. The average molecular weight is 272 g/mol. The summed E-state index contributed by atoms with van der Waals surface area (Å²) in [5.74, 6) is 1.21. The number of nitrogens with two attached hydrogens (primary N) is 1. The van der Waals surface area contributed by atoms with Gasteiger partial charge in [-0.1, -0.05) is 6.92 Å². The highest BCUT2D eigenvalue weighted by Crippen LogP contribution is 2.23. The molecule has 0 aliphatic carbocycles. The van der Waals surface area contributed by atoms with E-state index in [9.17, 15) is 0 Å². The van der Waals surface area contributed by atoms with Crippen LogP contribution >= 0.6 is 23.1 Å². The van der Waals surface area contributed by atoms with Crippen LogP contribution in [-0.2, 0) is 13.1 Å². The molecule has 1 unspecified atom stereocenters. The largest absolute Gasteiger partial charge is 0.326 e. The Bertz CT molecular complexity index is 336. The first-order chi connectivity index (χ1) is 8.12. The molecule has 0 radical (unpaired) electrons. The number of aryl methyl sites for hydroxylation is 1. The standard InChI is InChI=1S/C13H24N2S2/c1-5-12(9-16-4)15(3)8-11-6-13(7-14)17-10(11)2/h6,12H,5,7-9,14H2,1-4H3. The maximum Gasteiger partial charge on any atom is 0.0274 e. The first-order valence-corrected chi connectivity index (χ1v) is 8.30. The molecule has 0 fully saturated rings. The molecule has 1 atom stereocenters. The van der Waals surface area contributed by atoms with Crippen LogP contribution in [0.1, 0.15) is 28.7 Å². The highest BCUT2D eigenvalue weighted by atomic mass is 32.2. The molecule has 0 aliphatic rings. The van der Waals surface area contributed by atoms with Gasteiger partial charge in [-0.3, -0.25) is 4.90 Å². The number of thioether (sulfide) groups is 1. The van der Waals surface area contributed by atoms with Crippen molar-refractivity contribution in [1.29, 1.82) is 0 Å². The van der Waals surface area contributed by atoms with Crippen molar-refractivity contribution in [1.82, 2.24) is 4.90 Å². The van der Waals surface area contributed by atoms with E-state index in [-0.39, 0.29) is 0 Å². The summed E-state index contributed by atoms with van der Waals surface area (Å²) in [4.78, 5) is 5.17. The zero-order valence-electron chi connectivity index (χ0n) is 11.3. The highest BCUT2D eigenvalue weighted by molar-refractivity contribution is 7.98. The maximum absolute atomic E-state index is 5.69. The molecular weight excluding hydrogens is 248 g/mol. The summed E-state index contributed by atoms with van der Waals surface area (Å²) in [6, 6.07) is 2.94. The van der Waals surface area contributed by atoms with Crippen molar-refractivity contribution in [3.05, 3.63) is 21.4 Å². The lowest BCUT2D eigenvalue weighted by Crippen LogP contribution is -2.32. The molecule has 17 heavy (non-hydrogen) atoms. The number of thiophene rings is 1. The van der Waals surface area contributed by atoms with Crippen LogP contribution in [-0.4, -0.2) is 30.0 Å². The van der Waals surface area contributed by atoms with Gasteiger partial charge in [0.05, 0.1) is 0 Å². The molecule has 1 aromatic rings. The van der Waals surface area contributed by atoms with Crippen LogP contribution in [0.2, 0.25) is 0 Å². The summed E-state index contributed by atoms with van der Waals surface area (Å²) in [6.45, 7) is 6.17. The molecule has 4 heteroatoms. The number of nitrogens with zero attached hydrogens (tertiary/aromatic N) is 1. The number of rotatable bonds is 7. The Labute approximate surface area is 114 Å². The summed E-state index contributed by atoms with van der Waals surface area (Å²) in [5, 5.41) is 0. The minimum atomic E-state index is 0.664. The van der Waals surface area contributed by atoms with Crippen LogP contribution in [0, 0.1) is 6.92 Å². The maximum atomic E-state index is 5.69. The van der Waals surface area contributed by atoms with E-state index in [0.29, 0.717) is 12.6 Å². The van der Waals surface area contributed by atoms with Crippen molar-refractivity contribution >= 4 is 23.1 Å². The predicted molar refractivity (Wildman–Crippen MR) is 80.9 cm³/mol. The fourth-order valence-corrected chi connectivity index (χ4v) is 3.80. The number of hydrogen-bond acceptors (Lipinski definition) is 4. The molecule has 1 rings (SSSR count). The molecule has 2 N–H and O–H groups in total. The van der Waals surface area contributed by atoms with E-state index >= 15 is 0 Å². The Kier molecular flexibility index (Phi) is 6.55. The summed E-state index contributed by atoms with van der Waals surface area (Å²) >= 11 is 3.76. The van der Waals surface area contributed by atoms with E-state index in [2.05, 4.69) is 38.1 Å². The van der Waals surface area contributed by atoms with Gasteiger partial charge in [0.2, 0.25) is 0 Å². The third-order valence-electron chi connectivity index (χ3n) is 3.15. The van der Waals surface area contributed by atoms with Gasteiger partial charge < -0.3 is 5.73 Å². The van der Waals surface area contributed by atoms with Gasteiger partial charge in [-0.25, -0.2) is 0 Å². The SMILES string of the molecule is CCC(CSC)N(C)Cc1cc(CN)sc1C. The van der Waals surface area contributed by atoms with E-state index in [1.807, 2.05) is 23.1 Å². The van der Waals surface area contributed by atoms with Gasteiger partial charge in [-0.05, 0) is 38.3 Å². The van der Waals surface area contributed by atoms with Crippen LogP contribution in [0.5, 0.6) is 0 Å². The Hall–Kier alpha value is -0.0300. The molecule has 0 saturated heterocycles. The summed E-state index contributed by atoms with van der Waals surface area (Å²) in [6.07, 6.45) is 3.39. The lowest BCUT2D eigenvalue weighted by molar-refractivity contribution is 0.248. The van der Waals surface area contributed by atoms with Crippen molar-refractivity contribution in [3.63, 3.8) is 0 Å².